The van der Waals surface area contributed by atoms with Gasteiger partial charge < -0.3 is 10.6 Å². The fourth-order valence-corrected chi connectivity index (χ4v) is 2.55. The molecule has 0 atom stereocenters. The minimum atomic E-state index is -0.473. The second kappa shape index (κ2) is 5.36. The van der Waals surface area contributed by atoms with Gasteiger partial charge in [0, 0.05) is 23.8 Å². The van der Waals surface area contributed by atoms with Crippen molar-refractivity contribution in [2.24, 2.45) is 0 Å². The number of anilines is 1. The molecule has 19 heavy (non-hydrogen) atoms. The van der Waals surface area contributed by atoms with Gasteiger partial charge >= 0.3 is 0 Å². The maximum absolute atomic E-state index is 13.2. The maximum Gasteiger partial charge on any atom is 0.256 e. The number of amides is 1. The van der Waals surface area contributed by atoms with Crippen LogP contribution >= 0.6 is 11.3 Å². The van der Waals surface area contributed by atoms with E-state index in [-0.39, 0.29) is 17.2 Å². The summed E-state index contributed by atoms with van der Waals surface area (Å²) in [4.78, 5) is 18.8. The van der Waals surface area contributed by atoms with Crippen molar-refractivity contribution in [3.05, 3.63) is 45.7 Å². The molecule has 1 heterocycles. The van der Waals surface area contributed by atoms with Crippen LogP contribution in [0.4, 0.5) is 10.1 Å². The molecule has 0 saturated heterocycles. The van der Waals surface area contributed by atoms with Gasteiger partial charge in [0.05, 0.1) is 17.1 Å². The summed E-state index contributed by atoms with van der Waals surface area (Å²) in [7, 11) is 1.65. The first-order valence-corrected chi connectivity index (χ1v) is 6.51. The fourth-order valence-electron chi connectivity index (χ4n) is 1.70. The average Bonchev–Trinajstić information content (AvgIpc) is 2.77. The summed E-state index contributed by atoms with van der Waals surface area (Å²) in [6.07, 6.45) is 1.73. The zero-order valence-corrected chi connectivity index (χ0v) is 11.5. The number of thiazole rings is 1. The van der Waals surface area contributed by atoms with E-state index in [0.29, 0.717) is 6.54 Å². The number of aromatic nitrogens is 1. The highest BCUT2D eigenvalue weighted by molar-refractivity contribution is 7.11. The number of hydrogen-bond acceptors (Lipinski definition) is 4. The molecule has 0 spiro atoms. The summed E-state index contributed by atoms with van der Waals surface area (Å²) >= 11 is 1.53. The van der Waals surface area contributed by atoms with Gasteiger partial charge in [0.2, 0.25) is 0 Å². The highest BCUT2D eigenvalue weighted by Crippen LogP contribution is 2.18. The molecule has 6 heteroatoms. The minimum Gasteiger partial charge on any atom is -0.398 e. The van der Waals surface area contributed by atoms with Crippen molar-refractivity contribution in [2.75, 3.05) is 12.8 Å². The SMILES string of the molecule is Cc1ncc(CN(C)C(=O)c2cc(F)ccc2N)s1. The average molecular weight is 279 g/mol. The van der Waals surface area contributed by atoms with Crippen LogP contribution in [0.25, 0.3) is 0 Å². The molecule has 1 amide bonds. The monoisotopic (exact) mass is 279 g/mol. The second-order valence-electron chi connectivity index (χ2n) is 4.24. The summed E-state index contributed by atoms with van der Waals surface area (Å²) in [5, 5.41) is 0.945. The zero-order chi connectivity index (χ0) is 14.0. The van der Waals surface area contributed by atoms with Crippen molar-refractivity contribution in [3.63, 3.8) is 0 Å². The lowest BCUT2D eigenvalue weighted by Crippen LogP contribution is -2.26. The largest absolute Gasteiger partial charge is 0.398 e. The number of rotatable bonds is 3. The molecule has 100 valence electrons. The zero-order valence-electron chi connectivity index (χ0n) is 10.7. The first kappa shape index (κ1) is 13.5. The van der Waals surface area contributed by atoms with E-state index >= 15 is 0 Å². The Morgan fingerprint density at radius 1 is 1.53 bits per heavy atom. The summed E-state index contributed by atoms with van der Waals surface area (Å²) in [5.74, 6) is -0.775. The van der Waals surface area contributed by atoms with Crippen LogP contribution in [0, 0.1) is 12.7 Å². The van der Waals surface area contributed by atoms with Gasteiger partial charge in [-0.1, -0.05) is 0 Å². The van der Waals surface area contributed by atoms with Crippen LogP contribution in [-0.4, -0.2) is 22.8 Å². The Labute approximate surface area is 114 Å². The van der Waals surface area contributed by atoms with E-state index in [4.69, 9.17) is 5.73 Å². The number of halogens is 1. The van der Waals surface area contributed by atoms with Crippen molar-refractivity contribution >= 4 is 22.9 Å². The third-order valence-electron chi connectivity index (χ3n) is 2.65. The molecule has 1 aromatic carbocycles. The third kappa shape index (κ3) is 3.08. The molecule has 0 aliphatic rings. The van der Waals surface area contributed by atoms with Crippen molar-refractivity contribution in [2.45, 2.75) is 13.5 Å². The van der Waals surface area contributed by atoms with Crippen molar-refractivity contribution in [3.8, 4) is 0 Å². The predicted molar refractivity (Wildman–Crippen MR) is 73.5 cm³/mol. The van der Waals surface area contributed by atoms with E-state index in [1.165, 1.54) is 28.4 Å². The number of benzene rings is 1. The van der Waals surface area contributed by atoms with Crippen LogP contribution in [-0.2, 0) is 6.54 Å². The second-order valence-corrected chi connectivity index (χ2v) is 5.56. The Balaban J connectivity index is 2.16. The van der Waals surface area contributed by atoms with Gasteiger partial charge in [-0.15, -0.1) is 11.3 Å². The van der Waals surface area contributed by atoms with E-state index in [2.05, 4.69) is 4.98 Å². The van der Waals surface area contributed by atoms with Crippen LogP contribution in [0.2, 0.25) is 0 Å². The molecule has 4 nitrogen and oxygen atoms in total. The molecule has 2 rings (SSSR count). The number of nitrogens with zero attached hydrogens (tertiary/aromatic N) is 2. The van der Waals surface area contributed by atoms with Crippen molar-refractivity contribution in [1.29, 1.82) is 0 Å². The molecule has 0 unspecified atom stereocenters. The lowest BCUT2D eigenvalue weighted by molar-refractivity contribution is 0.0787. The van der Waals surface area contributed by atoms with Gasteiger partial charge in [-0.25, -0.2) is 9.37 Å². The Bertz CT molecular complexity index is 612. The standard InChI is InChI=1S/C13H14FN3OS/c1-8-16-6-10(19-8)7-17(2)13(18)11-5-9(14)3-4-12(11)15/h3-6H,7,15H2,1-2H3. The third-order valence-corrected chi connectivity index (χ3v) is 3.55. The van der Waals surface area contributed by atoms with Gasteiger partial charge in [-0.05, 0) is 25.1 Å². The van der Waals surface area contributed by atoms with Crippen LogP contribution in [0.15, 0.2) is 24.4 Å². The van der Waals surface area contributed by atoms with Crippen LogP contribution in [0.1, 0.15) is 20.2 Å². The molecule has 0 aliphatic carbocycles. The predicted octanol–water partition coefficient (Wildman–Crippen LogP) is 2.45. The first-order chi connectivity index (χ1) is 8.97. The fraction of sp³-hybridized carbons (Fsp3) is 0.231. The molecule has 2 aromatic rings. The maximum atomic E-state index is 13.2. The Morgan fingerprint density at radius 3 is 2.89 bits per heavy atom. The number of aryl methyl sites for hydroxylation is 1. The number of nitrogen functional groups attached to an aromatic ring is 1. The summed E-state index contributed by atoms with van der Waals surface area (Å²) < 4.78 is 13.2. The molecule has 0 bridgehead atoms. The van der Waals surface area contributed by atoms with E-state index in [1.807, 2.05) is 6.92 Å². The highest BCUT2D eigenvalue weighted by atomic mass is 32.1. The van der Waals surface area contributed by atoms with Crippen molar-refractivity contribution in [1.82, 2.24) is 9.88 Å². The van der Waals surface area contributed by atoms with Gasteiger partial charge in [0.1, 0.15) is 5.82 Å². The molecule has 0 saturated carbocycles. The Hall–Kier alpha value is -1.95. The topological polar surface area (TPSA) is 59.2 Å². The van der Waals surface area contributed by atoms with E-state index < -0.39 is 5.82 Å². The van der Waals surface area contributed by atoms with Gasteiger partial charge in [0.25, 0.3) is 5.91 Å². The van der Waals surface area contributed by atoms with E-state index in [0.717, 1.165) is 16.0 Å². The molecule has 0 radical (unpaired) electrons. The molecular formula is C13H14FN3OS. The summed E-state index contributed by atoms with van der Waals surface area (Å²) in [6, 6.07) is 3.79. The number of hydrogen-bond donors (Lipinski definition) is 1. The molecular weight excluding hydrogens is 265 g/mol. The highest BCUT2D eigenvalue weighted by Gasteiger charge is 2.16. The van der Waals surface area contributed by atoms with Crippen LogP contribution < -0.4 is 5.73 Å². The quantitative estimate of drug-likeness (QED) is 0.878. The Morgan fingerprint density at radius 2 is 2.26 bits per heavy atom. The lowest BCUT2D eigenvalue weighted by atomic mass is 10.1. The molecule has 1 aromatic heterocycles. The Kier molecular flexibility index (Phi) is 3.80. The summed E-state index contributed by atoms with van der Waals surface area (Å²) in [5.41, 5.74) is 6.16. The summed E-state index contributed by atoms with van der Waals surface area (Å²) in [6.45, 7) is 2.33. The van der Waals surface area contributed by atoms with Gasteiger partial charge in [-0.2, -0.15) is 0 Å². The number of carbonyl (C=O) groups is 1. The van der Waals surface area contributed by atoms with Crippen molar-refractivity contribution < 1.29 is 9.18 Å². The van der Waals surface area contributed by atoms with E-state index in [9.17, 15) is 9.18 Å². The number of nitrogens with two attached hydrogens (primary N) is 1. The molecule has 2 N–H and O–H groups in total. The number of carbonyl (C=O) groups excluding carboxylic acids is 1. The minimum absolute atomic E-state index is 0.184. The van der Waals surface area contributed by atoms with E-state index in [1.54, 1.807) is 13.2 Å². The van der Waals surface area contributed by atoms with Gasteiger partial charge in [-0.3, -0.25) is 4.79 Å². The van der Waals surface area contributed by atoms with Crippen LogP contribution in [0.3, 0.4) is 0 Å². The molecule has 0 aliphatic heterocycles. The lowest BCUT2D eigenvalue weighted by Gasteiger charge is -2.17. The molecule has 0 fully saturated rings. The normalized spacial score (nSPS) is 10.5. The smallest absolute Gasteiger partial charge is 0.256 e. The van der Waals surface area contributed by atoms with Gasteiger partial charge in [0.15, 0.2) is 0 Å². The van der Waals surface area contributed by atoms with Crippen LogP contribution in [0.5, 0.6) is 0 Å². The first-order valence-electron chi connectivity index (χ1n) is 5.69.